The summed E-state index contributed by atoms with van der Waals surface area (Å²) in [5.74, 6) is -0.0349. The van der Waals surface area contributed by atoms with Crippen LogP contribution in [0, 0.1) is 0 Å². The van der Waals surface area contributed by atoms with Crippen LogP contribution in [0.4, 0.5) is 23.5 Å². The Morgan fingerprint density at radius 3 is 0.486 bits per heavy atom. The van der Waals surface area contributed by atoms with Crippen molar-refractivity contribution in [1.82, 2.24) is 0 Å². The smallest absolute Gasteiger partial charge is 0.343 e. The van der Waals surface area contributed by atoms with E-state index in [-0.39, 0.29) is 23.5 Å². The molecule has 0 saturated carbocycles. The van der Waals surface area contributed by atoms with Gasteiger partial charge in [-0.15, -0.1) is 0 Å². The molecule has 0 aliphatic carbocycles. The van der Waals surface area contributed by atoms with Crippen molar-refractivity contribution in [2.24, 2.45) is 0 Å². The molecular formula is C80H75Cl5F5O10S5. The average molecular weight is 1630 g/mol. The van der Waals surface area contributed by atoms with Crippen LogP contribution in [-0.4, -0.2) is 29.8 Å². The predicted molar refractivity (Wildman–Crippen MR) is 426 cm³/mol. The number of benzene rings is 10. The van der Waals surface area contributed by atoms with Crippen molar-refractivity contribution < 1.29 is 71.2 Å². The average Bonchev–Trinajstić information content (AvgIpc) is 0.875. The maximum Gasteiger partial charge on any atom is 0.343 e. The SMILES string of the molecule is CCCc1ccc(C(=O)Oc2ccc([S])c(Cl)c2)cc1.CCCc1ccc(C(=O)Oc2ccc([S])c(Cl)c2)cc1.CCCc1ccc(C(=O)Oc2ccc([S])c(Cl)c2)cc1.CCCc1ccc(C(=O)Oc2ccc([S])c(Cl)c2)cc1.CCCc1ccc(C(=O)Oc2ccc([S])c(Cl)c2)cc1.F.F.F.F.F. The zero-order valence-corrected chi connectivity index (χ0v) is 65.2. The van der Waals surface area contributed by atoms with E-state index in [4.69, 9.17) is 145 Å². The Morgan fingerprint density at radius 1 is 0.238 bits per heavy atom. The minimum absolute atomic E-state index is 0. The quantitative estimate of drug-likeness (QED) is 0.0413. The number of aryl methyl sites for hydroxylation is 5. The zero-order chi connectivity index (χ0) is 72.7. The number of ether oxygens (including phenoxy) is 5. The number of esters is 5. The van der Waals surface area contributed by atoms with Crippen molar-refractivity contribution in [2.75, 3.05) is 0 Å². The first-order valence-corrected chi connectivity index (χ1v) is 35.8. The molecule has 0 atom stereocenters. The van der Waals surface area contributed by atoms with Gasteiger partial charge in [0.25, 0.3) is 0 Å². The van der Waals surface area contributed by atoms with Crippen LogP contribution in [0.5, 0.6) is 28.7 Å². The molecular weight excluding hydrogens is 1550 g/mol. The molecule has 0 saturated heterocycles. The molecule has 10 nitrogen and oxygen atoms in total. The lowest BCUT2D eigenvalue weighted by molar-refractivity contribution is 0.0725. The molecule has 25 heteroatoms. The van der Waals surface area contributed by atoms with E-state index in [1.165, 1.54) is 27.8 Å². The summed E-state index contributed by atoms with van der Waals surface area (Å²) < 4.78 is 26.3. The topological polar surface area (TPSA) is 132 Å². The van der Waals surface area contributed by atoms with Gasteiger partial charge >= 0.3 is 29.8 Å². The molecule has 0 unspecified atom stereocenters. The summed E-state index contributed by atoms with van der Waals surface area (Å²) in [6.45, 7) is 10.6. The Labute approximate surface area is 662 Å². The summed E-state index contributed by atoms with van der Waals surface area (Å²) in [4.78, 5) is 62.6. The molecule has 0 N–H and O–H groups in total. The first kappa shape index (κ1) is 94.8. The van der Waals surface area contributed by atoms with Gasteiger partial charge in [0.1, 0.15) is 28.7 Å². The number of hydrogen-bond acceptors (Lipinski definition) is 10. The van der Waals surface area contributed by atoms with Crippen molar-refractivity contribution in [3.05, 3.63) is 293 Å². The molecule has 0 heterocycles. The Bertz CT molecular complexity index is 3720. The Kier molecular flexibility index (Phi) is 44.7. The summed E-state index contributed by atoms with van der Waals surface area (Å²) in [7, 11) is 0. The van der Waals surface area contributed by atoms with Gasteiger partial charge in [-0.3, -0.25) is 23.5 Å². The van der Waals surface area contributed by atoms with Gasteiger partial charge in [-0.25, -0.2) is 24.0 Å². The van der Waals surface area contributed by atoms with E-state index in [1.54, 1.807) is 152 Å². The van der Waals surface area contributed by atoms with Gasteiger partial charge in [-0.1, -0.05) is 249 Å². The summed E-state index contributed by atoms with van der Waals surface area (Å²) >= 11 is 54.4. The van der Waals surface area contributed by atoms with Gasteiger partial charge in [0.2, 0.25) is 0 Å². The third kappa shape index (κ3) is 32.2. The van der Waals surface area contributed by atoms with Gasteiger partial charge in [0, 0.05) is 30.3 Å². The fourth-order valence-electron chi connectivity index (χ4n) is 9.04. The minimum Gasteiger partial charge on any atom is -0.423 e. The van der Waals surface area contributed by atoms with Crippen LogP contribution in [0.25, 0.3) is 0 Å². The second kappa shape index (κ2) is 49.5. The Hall–Kier alpha value is -8.25. The molecule has 10 aromatic rings. The maximum atomic E-state index is 12.0. The van der Waals surface area contributed by atoms with Crippen molar-refractivity contribution in [3.63, 3.8) is 0 Å². The highest BCUT2D eigenvalue weighted by Gasteiger charge is 2.16. The van der Waals surface area contributed by atoms with Crippen LogP contribution in [0.1, 0.15) is 146 Å². The molecule has 0 spiro atoms. The lowest BCUT2D eigenvalue weighted by Crippen LogP contribution is -2.08. The zero-order valence-electron chi connectivity index (χ0n) is 57.3. The Morgan fingerprint density at radius 2 is 0.371 bits per heavy atom. The summed E-state index contributed by atoms with van der Waals surface area (Å²) in [5.41, 5.74) is 8.64. The van der Waals surface area contributed by atoms with Gasteiger partial charge in [0.05, 0.1) is 77.4 Å². The normalized spacial score (nSPS) is 9.81. The van der Waals surface area contributed by atoms with E-state index in [0.717, 1.165) is 64.2 Å². The third-order valence-electron chi connectivity index (χ3n) is 14.2. The van der Waals surface area contributed by atoms with E-state index in [9.17, 15) is 24.0 Å². The highest BCUT2D eigenvalue weighted by atomic mass is 35.5. The molecule has 10 rings (SSSR count). The van der Waals surface area contributed by atoms with Crippen LogP contribution in [0.3, 0.4) is 0 Å². The second-order valence-corrected chi connectivity index (χ2v) is 26.4. The van der Waals surface area contributed by atoms with Crippen LogP contribution >= 0.6 is 121 Å². The van der Waals surface area contributed by atoms with E-state index in [2.05, 4.69) is 34.6 Å². The summed E-state index contributed by atoms with van der Waals surface area (Å²) in [6, 6.07) is 61.3. The van der Waals surface area contributed by atoms with E-state index in [1.807, 2.05) is 60.7 Å². The van der Waals surface area contributed by atoms with E-state index < -0.39 is 29.8 Å². The minimum atomic E-state index is -0.402. The lowest BCUT2D eigenvalue weighted by Gasteiger charge is -2.06. The molecule has 0 amide bonds. The molecule has 105 heavy (non-hydrogen) atoms. The number of halogens is 10. The van der Waals surface area contributed by atoms with Crippen LogP contribution < -0.4 is 23.7 Å². The largest absolute Gasteiger partial charge is 0.423 e. The molecule has 0 aliphatic heterocycles. The summed E-state index contributed by atoms with van der Waals surface area (Å²) in [6.07, 6.45) is 10.4. The molecule has 0 bridgehead atoms. The van der Waals surface area contributed by atoms with Crippen molar-refractivity contribution in [1.29, 1.82) is 0 Å². The monoisotopic (exact) mass is 1630 g/mol. The molecule has 0 aromatic heterocycles. The van der Waals surface area contributed by atoms with Crippen LogP contribution in [-0.2, 0) is 32.1 Å². The highest BCUT2D eigenvalue weighted by molar-refractivity contribution is 7.81. The fraction of sp³-hybridized carbons (Fsp3) is 0.188. The highest BCUT2D eigenvalue weighted by Crippen LogP contribution is 2.31. The molecule has 5 radical (unpaired) electrons. The molecule has 0 fully saturated rings. The first-order valence-electron chi connectivity index (χ1n) is 31.9. The van der Waals surface area contributed by atoms with Crippen LogP contribution in [0.2, 0.25) is 25.1 Å². The van der Waals surface area contributed by atoms with E-state index in [0.29, 0.717) is 106 Å². The van der Waals surface area contributed by atoms with Crippen molar-refractivity contribution >= 4 is 151 Å². The standard InChI is InChI=1S/5C16H14ClO2S.5FH/c5*1-2-3-11-4-6-12(7-5-11)16(18)19-13-8-9-15(20)14(17)10-13;;;;;/h5*4-10H,2-3H2,1H3;5*1H. The van der Waals surface area contributed by atoms with Gasteiger partial charge in [-0.05, 0) is 181 Å². The van der Waals surface area contributed by atoms with Crippen LogP contribution in [0.15, 0.2) is 237 Å². The number of carbonyl (C=O) groups excluding carboxylic acids is 5. The lowest BCUT2D eigenvalue weighted by atomic mass is 10.1. The van der Waals surface area contributed by atoms with Gasteiger partial charge in [0.15, 0.2) is 0 Å². The molecule has 555 valence electrons. The fourth-order valence-corrected chi connectivity index (χ4v) is 10.5. The summed E-state index contributed by atoms with van der Waals surface area (Å²) in [5, 5.41) is 2.03. The molecule has 10 aromatic carbocycles. The van der Waals surface area contributed by atoms with E-state index >= 15 is 0 Å². The van der Waals surface area contributed by atoms with Crippen molar-refractivity contribution in [2.45, 2.75) is 123 Å². The van der Waals surface area contributed by atoms with Gasteiger partial charge < -0.3 is 23.7 Å². The van der Waals surface area contributed by atoms with Gasteiger partial charge in [-0.2, -0.15) is 0 Å². The number of rotatable bonds is 20. The molecule has 0 aliphatic rings. The number of carbonyl (C=O) groups is 5. The first-order chi connectivity index (χ1) is 48.0. The van der Waals surface area contributed by atoms with Crippen molar-refractivity contribution in [3.8, 4) is 28.7 Å². The number of hydrogen-bond donors (Lipinski definition) is 0. The predicted octanol–water partition coefficient (Wildman–Crippen LogP) is 26.1. The third-order valence-corrected chi connectivity index (χ3v) is 18.1. The Balaban J connectivity index is 0.000000649. The second-order valence-electron chi connectivity index (χ2n) is 22.1. The maximum absolute atomic E-state index is 12.0.